The molecule has 0 spiro atoms. The lowest BCUT2D eigenvalue weighted by molar-refractivity contribution is -0.126. The molecule has 0 radical (unpaired) electrons. The van der Waals surface area contributed by atoms with Crippen LogP contribution in [-0.2, 0) is 14.8 Å². The molecule has 0 aromatic heterocycles. The highest BCUT2D eigenvalue weighted by molar-refractivity contribution is 7.89. The number of carbonyl (C=O) groups excluding carboxylic acids is 1. The lowest BCUT2D eigenvalue weighted by atomic mass is 9.99. The van der Waals surface area contributed by atoms with Crippen LogP contribution in [0.15, 0.2) is 53.4 Å². The highest BCUT2D eigenvalue weighted by atomic mass is 32.2. The Morgan fingerprint density at radius 1 is 1.13 bits per heavy atom. The summed E-state index contributed by atoms with van der Waals surface area (Å²) < 4.78 is 38.8. The molecule has 0 saturated carbocycles. The number of nitrogens with one attached hydrogen (secondary N) is 1. The van der Waals surface area contributed by atoms with Gasteiger partial charge in [0.05, 0.1) is 17.4 Å². The van der Waals surface area contributed by atoms with E-state index in [4.69, 9.17) is 9.47 Å². The van der Waals surface area contributed by atoms with Gasteiger partial charge in [-0.3, -0.25) is 4.79 Å². The molecule has 1 N–H and O–H groups in total. The van der Waals surface area contributed by atoms with E-state index in [9.17, 15) is 13.2 Å². The number of aryl methyl sites for hydroxylation is 1. The van der Waals surface area contributed by atoms with Crippen molar-refractivity contribution < 1.29 is 22.7 Å². The second kappa shape index (κ2) is 8.65. The molecule has 160 valence electrons. The van der Waals surface area contributed by atoms with Crippen molar-refractivity contribution in [3.05, 3.63) is 54.1 Å². The minimum atomic E-state index is -3.61. The van der Waals surface area contributed by atoms with Crippen molar-refractivity contribution in [2.75, 3.05) is 26.2 Å². The van der Waals surface area contributed by atoms with E-state index in [0.29, 0.717) is 44.0 Å². The fraction of sp³-hybridized carbons (Fsp3) is 0.409. The maximum absolute atomic E-state index is 12.9. The number of nitrogens with zero attached hydrogens (tertiary/aromatic N) is 1. The van der Waals surface area contributed by atoms with Gasteiger partial charge in [-0.2, -0.15) is 4.31 Å². The average molecular weight is 431 g/mol. The first-order chi connectivity index (χ1) is 14.4. The number of hydrogen-bond acceptors (Lipinski definition) is 5. The number of amides is 1. The quantitative estimate of drug-likeness (QED) is 0.787. The lowest BCUT2D eigenvalue weighted by Gasteiger charge is -2.32. The van der Waals surface area contributed by atoms with Gasteiger partial charge in [0.15, 0.2) is 11.5 Å². The number of benzene rings is 2. The topological polar surface area (TPSA) is 84.9 Å². The van der Waals surface area contributed by atoms with Gasteiger partial charge in [0.2, 0.25) is 15.9 Å². The van der Waals surface area contributed by atoms with Crippen molar-refractivity contribution in [3.63, 3.8) is 0 Å². The van der Waals surface area contributed by atoms with E-state index in [2.05, 4.69) is 5.32 Å². The molecule has 7 nitrogen and oxygen atoms in total. The highest BCUT2D eigenvalue weighted by Gasteiger charge is 2.33. The zero-order valence-corrected chi connectivity index (χ0v) is 17.7. The molecule has 1 fully saturated rings. The van der Waals surface area contributed by atoms with Gasteiger partial charge in [-0.15, -0.1) is 0 Å². The predicted molar refractivity (Wildman–Crippen MR) is 112 cm³/mol. The Labute approximate surface area is 177 Å². The number of fused-ring (bicyclic) bond motifs is 1. The van der Waals surface area contributed by atoms with Crippen LogP contribution in [0.3, 0.4) is 0 Å². The highest BCUT2D eigenvalue weighted by Crippen LogP contribution is 2.30. The minimum absolute atomic E-state index is 0.152. The Bertz CT molecular complexity index is 1010. The number of rotatable bonds is 5. The van der Waals surface area contributed by atoms with E-state index < -0.39 is 10.0 Å². The molecule has 0 bridgehead atoms. The second-order valence-electron chi connectivity index (χ2n) is 7.76. The van der Waals surface area contributed by atoms with Crippen LogP contribution < -0.4 is 14.8 Å². The Balaban J connectivity index is 1.34. The molecule has 2 aliphatic rings. The van der Waals surface area contributed by atoms with E-state index in [1.54, 1.807) is 24.3 Å². The summed E-state index contributed by atoms with van der Waals surface area (Å²) in [6.45, 7) is 3.20. The first-order valence-electron chi connectivity index (χ1n) is 10.2. The molecule has 2 unspecified atom stereocenters. The van der Waals surface area contributed by atoms with Crippen LogP contribution in [0.25, 0.3) is 0 Å². The van der Waals surface area contributed by atoms with Gasteiger partial charge in [-0.05, 0) is 44.0 Å². The largest absolute Gasteiger partial charge is 0.486 e. The molecule has 2 aromatic carbocycles. The molecule has 0 aliphatic carbocycles. The van der Waals surface area contributed by atoms with Gasteiger partial charge in [0.25, 0.3) is 0 Å². The van der Waals surface area contributed by atoms with E-state index in [0.717, 1.165) is 5.56 Å². The van der Waals surface area contributed by atoms with Gasteiger partial charge >= 0.3 is 0 Å². The fourth-order valence-electron chi connectivity index (χ4n) is 3.76. The number of para-hydroxylation sites is 2. The van der Waals surface area contributed by atoms with Crippen molar-refractivity contribution >= 4 is 15.9 Å². The minimum Gasteiger partial charge on any atom is -0.486 e. The van der Waals surface area contributed by atoms with Gasteiger partial charge < -0.3 is 14.8 Å². The summed E-state index contributed by atoms with van der Waals surface area (Å²) in [6, 6.07) is 14.2. The predicted octanol–water partition coefficient (Wildman–Crippen LogP) is 2.35. The Morgan fingerprint density at radius 3 is 2.63 bits per heavy atom. The van der Waals surface area contributed by atoms with Crippen LogP contribution in [0, 0.1) is 12.8 Å². The van der Waals surface area contributed by atoms with Gasteiger partial charge in [0, 0.05) is 13.1 Å². The number of sulfonamides is 1. The second-order valence-corrected chi connectivity index (χ2v) is 9.70. The molecular formula is C22H26N2O5S. The molecule has 2 aromatic rings. The number of ether oxygens (including phenoxy) is 2. The molecule has 4 rings (SSSR count). The third kappa shape index (κ3) is 4.44. The average Bonchev–Trinajstić information content (AvgIpc) is 2.77. The third-order valence-corrected chi connectivity index (χ3v) is 7.36. The fourth-order valence-corrected chi connectivity index (χ4v) is 5.28. The molecule has 2 aliphatic heterocycles. The Hall–Kier alpha value is -2.58. The normalized spacial score (nSPS) is 21.8. The molecule has 1 amide bonds. The standard InChI is InChI=1S/C22H26N2O5S/c1-16-8-10-19(11-9-16)30(26,27)24-12-4-5-17(14-24)22(25)23-13-18-15-28-20-6-2-3-7-21(20)29-18/h2-3,6-11,17-18H,4-5,12-15H2,1H3,(H,23,25). The van der Waals surface area contributed by atoms with Crippen LogP contribution in [0.1, 0.15) is 18.4 Å². The SMILES string of the molecule is Cc1ccc(S(=O)(=O)N2CCCC(C(=O)NCC3COc4ccccc4O3)C2)cc1. The monoisotopic (exact) mass is 430 g/mol. The third-order valence-electron chi connectivity index (χ3n) is 5.49. The number of hydrogen-bond donors (Lipinski definition) is 1. The van der Waals surface area contributed by atoms with Gasteiger partial charge in [-0.1, -0.05) is 29.8 Å². The lowest BCUT2D eigenvalue weighted by Crippen LogP contribution is -2.48. The molecule has 2 heterocycles. The van der Waals surface area contributed by atoms with E-state index in [1.165, 1.54) is 4.31 Å². The molecule has 30 heavy (non-hydrogen) atoms. The van der Waals surface area contributed by atoms with Gasteiger partial charge in [-0.25, -0.2) is 8.42 Å². The summed E-state index contributed by atoms with van der Waals surface area (Å²) in [5, 5.41) is 2.91. The van der Waals surface area contributed by atoms with Gasteiger partial charge in [0.1, 0.15) is 12.7 Å². The zero-order valence-electron chi connectivity index (χ0n) is 16.9. The van der Waals surface area contributed by atoms with Crippen LogP contribution in [-0.4, -0.2) is 51.0 Å². The number of carbonyl (C=O) groups is 1. The van der Waals surface area contributed by atoms with Crippen LogP contribution in [0.2, 0.25) is 0 Å². The molecular weight excluding hydrogens is 404 g/mol. The van der Waals surface area contributed by atoms with Crippen molar-refractivity contribution in [1.82, 2.24) is 9.62 Å². The summed E-state index contributed by atoms with van der Waals surface area (Å²) in [6.07, 6.45) is 1.04. The van der Waals surface area contributed by atoms with Crippen LogP contribution >= 0.6 is 0 Å². The van der Waals surface area contributed by atoms with Crippen LogP contribution in [0.4, 0.5) is 0 Å². The summed E-state index contributed by atoms with van der Waals surface area (Å²) in [4.78, 5) is 13.0. The first kappa shape index (κ1) is 20.7. The smallest absolute Gasteiger partial charge is 0.243 e. The maximum atomic E-state index is 12.9. The van der Waals surface area contributed by atoms with Crippen LogP contribution in [0.5, 0.6) is 11.5 Å². The van der Waals surface area contributed by atoms with Crippen molar-refractivity contribution in [2.45, 2.75) is 30.8 Å². The molecule has 8 heteroatoms. The summed E-state index contributed by atoms with van der Waals surface area (Å²) in [5.74, 6) is 0.831. The van der Waals surface area contributed by atoms with E-state index >= 15 is 0 Å². The zero-order chi connectivity index (χ0) is 21.1. The van der Waals surface area contributed by atoms with Crippen molar-refractivity contribution in [3.8, 4) is 11.5 Å². The summed E-state index contributed by atoms with van der Waals surface area (Å²) in [7, 11) is -3.61. The Kier molecular flexibility index (Phi) is 5.97. The van der Waals surface area contributed by atoms with E-state index in [-0.39, 0.29) is 29.4 Å². The summed E-state index contributed by atoms with van der Waals surface area (Å²) >= 11 is 0. The molecule has 2 atom stereocenters. The maximum Gasteiger partial charge on any atom is 0.243 e. The van der Waals surface area contributed by atoms with E-state index in [1.807, 2.05) is 31.2 Å². The first-order valence-corrected chi connectivity index (χ1v) is 11.6. The molecule has 1 saturated heterocycles. The summed E-state index contributed by atoms with van der Waals surface area (Å²) in [5.41, 5.74) is 1.00. The van der Waals surface area contributed by atoms with Crippen molar-refractivity contribution in [1.29, 1.82) is 0 Å². The Morgan fingerprint density at radius 2 is 1.87 bits per heavy atom. The van der Waals surface area contributed by atoms with Crippen molar-refractivity contribution in [2.24, 2.45) is 5.92 Å². The number of piperidine rings is 1.